The van der Waals surface area contributed by atoms with Crippen molar-refractivity contribution >= 4 is 37.7 Å². The standard InChI is InChI=1S/C3H4N2.Ca.2H/c1-2-5-3-4-1;;;/h1-3H,(H,4,5);;;. The zero-order valence-electron chi connectivity index (χ0n) is 2.68. The van der Waals surface area contributed by atoms with E-state index in [-0.39, 0.29) is 37.7 Å². The van der Waals surface area contributed by atoms with E-state index in [1.807, 2.05) is 0 Å². The van der Waals surface area contributed by atoms with Gasteiger partial charge in [-0.1, -0.05) is 0 Å². The number of hydrogen-bond donors (Lipinski definition) is 1. The molecule has 0 saturated carbocycles. The minimum absolute atomic E-state index is 0. The summed E-state index contributed by atoms with van der Waals surface area (Å²) in [6.45, 7) is 0. The number of nitrogens with zero attached hydrogens (tertiary/aromatic N) is 1. The van der Waals surface area contributed by atoms with Crippen molar-refractivity contribution in [3.05, 3.63) is 18.7 Å². The molecule has 1 N–H and O–H groups in total. The molecule has 0 saturated heterocycles. The maximum absolute atomic E-state index is 3.67. The summed E-state index contributed by atoms with van der Waals surface area (Å²) in [7, 11) is 0. The van der Waals surface area contributed by atoms with E-state index in [1.165, 1.54) is 0 Å². The van der Waals surface area contributed by atoms with Crippen molar-refractivity contribution in [2.24, 2.45) is 0 Å². The number of aromatic amines is 1. The van der Waals surface area contributed by atoms with Crippen LogP contribution in [0.3, 0.4) is 0 Å². The van der Waals surface area contributed by atoms with E-state index in [1.54, 1.807) is 18.7 Å². The van der Waals surface area contributed by atoms with Gasteiger partial charge in [-0.3, -0.25) is 0 Å². The molecule has 0 radical (unpaired) electrons. The summed E-state index contributed by atoms with van der Waals surface area (Å²) >= 11 is 0. The Morgan fingerprint density at radius 2 is 2.33 bits per heavy atom. The molecule has 1 heterocycles. The Balaban J connectivity index is 0.000000250. The molecule has 30 valence electrons. The van der Waals surface area contributed by atoms with Crippen molar-refractivity contribution in [2.75, 3.05) is 0 Å². The predicted octanol–water partition coefficient (Wildman–Crippen LogP) is -0.507. The SMILES string of the molecule is [CaH2].c1c[nH]cn1. The van der Waals surface area contributed by atoms with Crippen LogP contribution in [0.2, 0.25) is 0 Å². The van der Waals surface area contributed by atoms with Crippen LogP contribution in [-0.2, 0) is 0 Å². The summed E-state index contributed by atoms with van der Waals surface area (Å²) in [6.07, 6.45) is 5.08. The van der Waals surface area contributed by atoms with Crippen LogP contribution in [-0.4, -0.2) is 47.7 Å². The van der Waals surface area contributed by atoms with Gasteiger partial charge in [0, 0.05) is 12.4 Å². The Labute approximate surface area is 66.0 Å². The van der Waals surface area contributed by atoms with Crippen molar-refractivity contribution in [2.45, 2.75) is 0 Å². The van der Waals surface area contributed by atoms with E-state index in [4.69, 9.17) is 0 Å². The molecule has 0 unspecified atom stereocenters. The Morgan fingerprint density at radius 3 is 2.50 bits per heavy atom. The van der Waals surface area contributed by atoms with Crippen LogP contribution >= 0.6 is 0 Å². The number of H-pyrrole nitrogens is 1. The molecule has 2 nitrogen and oxygen atoms in total. The summed E-state index contributed by atoms with van der Waals surface area (Å²) < 4.78 is 0. The van der Waals surface area contributed by atoms with Crippen LogP contribution < -0.4 is 0 Å². The first kappa shape index (κ1) is 6.47. The van der Waals surface area contributed by atoms with Gasteiger partial charge >= 0.3 is 37.7 Å². The molecule has 0 aliphatic heterocycles. The van der Waals surface area contributed by atoms with Crippen LogP contribution in [0.4, 0.5) is 0 Å². The van der Waals surface area contributed by atoms with Gasteiger partial charge in [0.15, 0.2) is 0 Å². The maximum atomic E-state index is 3.67. The summed E-state index contributed by atoms with van der Waals surface area (Å²) in [5.41, 5.74) is 0. The van der Waals surface area contributed by atoms with Gasteiger partial charge in [-0.2, -0.15) is 0 Å². The molecule has 0 bridgehead atoms. The minimum Gasteiger partial charge on any atom is -0.351 e. The number of imidazole rings is 1. The normalized spacial score (nSPS) is 6.67. The molecular weight excluding hydrogens is 104 g/mol. The van der Waals surface area contributed by atoms with Gasteiger partial charge in [-0.25, -0.2) is 4.98 Å². The Hall–Kier alpha value is 0.470. The molecule has 0 aromatic carbocycles. The van der Waals surface area contributed by atoms with Gasteiger partial charge < -0.3 is 4.98 Å². The van der Waals surface area contributed by atoms with Gasteiger partial charge in [-0.05, 0) is 0 Å². The second-order valence-electron chi connectivity index (χ2n) is 0.761. The second kappa shape index (κ2) is 3.65. The fraction of sp³-hybridized carbons (Fsp3) is 0. The van der Waals surface area contributed by atoms with Crippen molar-refractivity contribution in [3.8, 4) is 0 Å². The average Bonchev–Trinajstić information content (AvgIpc) is 1.76. The topological polar surface area (TPSA) is 28.7 Å². The fourth-order valence-electron chi connectivity index (χ4n) is 0.215. The molecule has 1 aromatic heterocycles. The molecular formula is C3H6CaN2. The maximum Gasteiger partial charge on any atom is 0.0919 e. The van der Waals surface area contributed by atoms with Crippen LogP contribution in [0, 0.1) is 0 Å². The van der Waals surface area contributed by atoms with Crippen molar-refractivity contribution in [3.63, 3.8) is 0 Å². The third kappa shape index (κ3) is 1.80. The number of nitrogens with one attached hydrogen (secondary N) is 1. The third-order valence-corrected chi connectivity index (χ3v) is 0.406. The summed E-state index contributed by atoms with van der Waals surface area (Å²) in [6, 6.07) is 0. The van der Waals surface area contributed by atoms with Gasteiger partial charge in [0.05, 0.1) is 6.33 Å². The fourth-order valence-corrected chi connectivity index (χ4v) is 0.215. The Morgan fingerprint density at radius 1 is 1.50 bits per heavy atom. The largest absolute Gasteiger partial charge is 0.351 e. The number of rotatable bonds is 0. The molecule has 0 fully saturated rings. The smallest absolute Gasteiger partial charge is 0.0919 e. The molecule has 0 atom stereocenters. The second-order valence-corrected chi connectivity index (χ2v) is 0.761. The van der Waals surface area contributed by atoms with E-state index >= 15 is 0 Å². The van der Waals surface area contributed by atoms with Crippen LogP contribution in [0.5, 0.6) is 0 Å². The van der Waals surface area contributed by atoms with Crippen molar-refractivity contribution in [1.82, 2.24) is 9.97 Å². The van der Waals surface area contributed by atoms with E-state index in [0.717, 1.165) is 0 Å². The molecule has 1 aromatic rings. The first-order valence-corrected chi connectivity index (χ1v) is 1.43. The summed E-state index contributed by atoms with van der Waals surface area (Å²) in [5.74, 6) is 0. The number of hydrogen-bond acceptors (Lipinski definition) is 1. The zero-order chi connectivity index (χ0) is 3.54. The van der Waals surface area contributed by atoms with Crippen molar-refractivity contribution in [1.29, 1.82) is 0 Å². The third-order valence-electron chi connectivity index (χ3n) is 0.406. The predicted molar refractivity (Wildman–Crippen MR) is 27.1 cm³/mol. The Bertz CT molecular complexity index is 65.3. The molecule has 0 aliphatic carbocycles. The van der Waals surface area contributed by atoms with Gasteiger partial charge in [0.25, 0.3) is 0 Å². The summed E-state index contributed by atoms with van der Waals surface area (Å²) in [5, 5.41) is 0. The molecule has 0 aliphatic rings. The van der Waals surface area contributed by atoms with Crippen LogP contribution in [0.25, 0.3) is 0 Å². The van der Waals surface area contributed by atoms with Crippen LogP contribution in [0.1, 0.15) is 0 Å². The van der Waals surface area contributed by atoms with E-state index in [0.29, 0.717) is 0 Å². The van der Waals surface area contributed by atoms with Crippen LogP contribution in [0.15, 0.2) is 18.7 Å². The minimum atomic E-state index is 0. The molecule has 6 heavy (non-hydrogen) atoms. The molecule has 0 amide bonds. The average molecular weight is 110 g/mol. The van der Waals surface area contributed by atoms with Gasteiger partial charge in [0.1, 0.15) is 0 Å². The van der Waals surface area contributed by atoms with Gasteiger partial charge in [0.2, 0.25) is 0 Å². The molecule has 1 rings (SSSR count). The molecule has 3 heteroatoms. The first-order chi connectivity index (χ1) is 2.50. The van der Waals surface area contributed by atoms with Gasteiger partial charge in [-0.15, -0.1) is 0 Å². The molecule has 0 spiro atoms. The number of aromatic nitrogens is 2. The van der Waals surface area contributed by atoms with Crippen molar-refractivity contribution < 1.29 is 0 Å². The first-order valence-electron chi connectivity index (χ1n) is 1.43. The van der Waals surface area contributed by atoms with E-state index in [2.05, 4.69) is 9.97 Å². The monoisotopic (exact) mass is 110 g/mol. The quantitative estimate of drug-likeness (QED) is 0.448. The summed E-state index contributed by atoms with van der Waals surface area (Å²) in [4.78, 5) is 6.42. The Kier molecular flexibility index (Phi) is 3.94. The van der Waals surface area contributed by atoms with E-state index in [9.17, 15) is 0 Å². The zero-order valence-corrected chi connectivity index (χ0v) is 2.68. The van der Waals surface area contributed by atoms with E-state index < -0.39 is 0 Å².